The van der Waals surface area contributed by atoms with Gasteiger partial charge in [-0.15, -0.1) is 0 Å². The highest BCUT2D eigenvalue weighted by atomic mass is 19.4. The van der Waals surface area contributed by atoms with Gasteiger partial charge in [0, 0.05) is 6.07 Å². The first kappa shape index (κ1) is 13.5. The normalized spacial score (nSPS) is 12.2. The molecular weight excluding hydrogens is 285 g/mol. The molecule has 0 amide bonds. The molecule has 3 rings (SSSR count). The van der Waals surface area contributed by atoms with Crippen LogP contribution >= 0.6 is 0 Å². The third kappa shape index (κ3) is 2.44. The van der Waals surface area contributed by atoms with Crippen LogP contribution in [0.15, 0.2) is 28.8 Å². The van der Waals surface area contributed by atoms with Gasteiger partial charge in [-0.2, -0.15) is 13.2 Å². The van der Waals surface area contributed by atoms with Crippen molar-refractivity contribution in [1.29, 1.82) is 0 Å². The Morgan fingerprint density at radius 2 is 2.05 bits per heavy atom. The minimum absolute atomic E-state index is 0.123. The molecule has 0 aliphatic rings. The number of nitrogens with zero attached hydrogens (tertiary/aromatic N) is 3. The number of rotatable bonds is 2. The minimum atomic E-state index is -4.41. The average Bonchev–Trinajstić information content (AvgIpc) is 2.93. The molecule has 0 saturated heterocycles. The molecule has 2 N–H and O–H groups in total. The summed E-state index contributed by atoms with van der Waals surface area (Å²) < 4.78 is 44.7. The average molecular weight is 296 g/mol. The largest absolute Gasteiger partial charge is 0.416 e. The van der Waals surface area contributed by atoms with Crippen LogP contribution in [0.2, 0.25) is 0 Å². The molecule has 1 aromatic carbocycles. The first-order valence-electron chi connectivity index (χ1n) is 6.10. The van der Waals surface area contributed by atoms with Crippen LogP contribution in [0.25, 0.3) is 11.0 Å². The number of benzene rings is 1. The molecule has 5 nitrogen and oxygen atoms in total. The summed E-state index contributed by atoms with van der Waals surface area (Å²) in [4.78, 5) is 3.97. The number of halogens is 3. The maximum absolute atomic E-state index is 12.7. The van der Waals surface area contributed by atoms with Crippen molar-refractivity contribution in [1.82, 2.24) is 14.7 Å². The van der Waals surface area contributed by atoms with Crippen molar-refractivity contribution < 1.29 is 17.7 Å². The Morgan fingerprint density at radius 1 is 1.29 bits per heavy atom. The second-order valence-electron chi connectivity index (χ2n) is 4.69. The molecule has 2 aromatic heterocycles. The first-order chi connectivity index (χ1) is 9.84. The van der Waals surface area contributed by atoms with Gasteiger partial charge in [0.15, 0.2) is 5.76 Å². The van der Waals surface area contributed by atoms with Crippen molar-refractivity contribution in [3.05, 3.63) is 41.3 Å². The molecule has 0 atom stereocenters. The lowest BCUT2D eigenvalue weighted by Gasteiger charge is -2.07. The Morgan fingerprint density at radius 3 is 2.67 bits per heavy atom. The van der Waals surface area contributed by atoms with Gasteiger partial charge in [-0.05, 0) is 25.1 Å². The highest BCUT2D eigenvalue weighted by Gasteiger charge is 2.31. The van der Waals surface area contributed by atoms with Crippen molar-refractivity contribution in [3.8, 4) is 0 Å². The zero-order valence-electron chi connectivity index (χ0n) is 11.0. The van der Waals surface area contributed by atoms with Crippen molar-refractivity contribution in [2.24, 2.45) is 0 Å². The molecule has 0 fully saturated rings. The Hall–Kier alpha value is -2.51. The number of nitrogens with two attached hydrogens (primary N) is 1. The van der Waals surface area contributed by atoms with E-state index in [0.717, 1.165) is 12.1 Å². The van der Waals surface area contributed by atoms with E-state index in [4.69, 9.17) is 10.3 Å². The number of imidazole rings is 1. The van der Waals surface area contributed by atoms with Crippen LogP contribution in [0, 0.1) is 6.92 Å². The van der Waals surface area contributed by atoms with E-state index in [9.17, 15) is 13.2 Å². The van der Waals surface area contributed by atoms with Gasteiger partial charge in [0.2, 0.25) is 5.95 Å². The predicted octanol–water partition coefficient (Wildman–Crippen LogP) is 2.98. The van der Waals surface area contributed by atoms with Crippen molar-refractivity contribution in [2.45, 2.75) is 19.6 Å². The quantitative estimate of drug-likeness (QED) is 0.789. The fourth-order valence-electron chi connectivity index (χ4n) is 2.14. The van der Waals surface area contributed by atoms with E-state index in [1.165, 1.54) is 6.07 Å². The van der Waals surface area contributed by atoms with E-state index >= 15 is 0 Å². The second kappa shape index (κ2) is 4.51. The Labute approximate surface area is 117 Å². The van der Waals surface area contributed by atoms with E-state index < -0.39 is 11.7 Å². The molecular formula is C13H11F3N4O. The monoisotopic (exact) mass is 296 g/mol. The smallest absolute Gasteiger partial charge is 0.369 e. The summed E-state index contributed by atoms with van der Waals surface area (Å²) in [6.45, 7) is 2.03. The third-order valence-corrected chi connectivity index (χ3v) is 3.10. The lowest BCUT2D eigenvalue weighted by molar-refractivity contribution is -0.137. The van der Waals surface area contributed by atoms with Crippen molar-refractivity contribution in [2.75, 3.05) is 5.73 Å². The predicted molar refractivity (Wildman–Crippen MR) is 69.5 cm³/mol. The first-order valence-corrected chi connectivity index (χ1v) is 6.10. The number of aromatic nitrogens is 3. The molecule has 0 unspecified atom stereocenters. The maximum atomic E-state index is 12.7. The maximum Gasteiger partial charge on any atom is 0.416 e. The van der Waals surface area contributed by atoms with Gasteiger partial charge >= 0.3 is 6.18 Å². The third-order valence-electron chi connectivity index (χ3n) is 3.10. The van der Waals surface area contributed by atoms with Crippen LogP contribution in [0.4, 0.5) is 19.1 Å². The number of anilines is 1. The topological polar surface area (TPSA) is 69.9 Å². The standard InChI is InChI=1S/C13H11F3N4O/c1-7-4-9(21-19-7)6-20-11-3-2-8(13(14,15)16)5-10(11)18-12(20)17/h2-5H,6H2,1H3,(H2,17,18). The molecule has 0 spiro atoms. The van der Waals surface area contributed by atoms with E-state index in [-0.39, 0.29) is 18.0 Å². The van der Waals surface area contributed by atoms with Crippen LogP contribution in [-0.4, -0.2) is 14.7 Å². The molecule has 21 heavy (non-hydrogen) atoms. The highest BCUT2D eigenvalue weighted by Crippen LogP contribution is 2.32. The highest BCUT2D eigenvalue weighted by molar-refractivity contribution is 5.79. The summed E-state index contributed by atoms with van der Waals surface area (Å²) in [7, 11) is 0. The summed E-state index contributed by atoms with van der Waals surface area (Å²) >= 11 is 0. The second-order valence-corrected chi connectivity index (χ2v) is 4.69. The molecule has 110 valence electrons. The number of hydrogen-bond donors (Lipinski definition) is 1. The number of nitrogen functional groups attached to an aromatic ring is 1. The number of aryl methyl sites for hydroxylation is 1. The lowest BCUT2D eigenvalue weighted by atomic mass is 10.2. The number of fused-ring (bicyclic) bond motifs is 1. The van der Waals surface area contributed by atoms with Crippen LogP contribution in [0.1, 0.15) is 17.0 Å². The summed E-state index contributed by atoms with van der Waals surface area (Å²) in [5.41, 5.74) is 6.44. The molecule has 0 bridgehead atoms. The van der Waals surface area contributed by atoms with Gasteiger partial charge in [0.1, 0.15) is 0 Å². The SMILES string of the molecule is Cc1cc(Cn2c(N)nc3cc(C(F)(F)F)ccc32)on1. The fourth-order valence-corrected chi connectivity index (χ4v) is 2.14. The fraction of sp³-hybridized carbons (Fsp3) is 0.231. The van der Waals surface area contributed by atoms with Gasteiger partial charge in [-0.25, -0.2) is 4.98 Å². The summed E-state index contributed by atoms with van der Waals surface area (Å²) in [6, 6.07) is 5.07. The van der Waals surface area contributed by atoms with Gasteiger partial charge < -0.3 is 14.8 Å². The number of hydrogen-bond acceptors (Lipinski definition) is 4. The molecule has 0 aliphatic carbocycles. The molecule has 0 aliphatic heterocycles. The summed E-state index contributed by atoms with van der Waals surface area (Å²) in [6.07, 6.45) is -4.41. The van der Waals surface area contributed by atoms with Crippen LogP contribution < -0.4 is 5.73 Å². The minimum Gasteiger partial charge on any atom is -0.369 e. The Kier molecular flexibility index (Phi) is 2.89. The lowest BCUT2D eigenvalue weighted by Crippen LogP contribution is -2.05. The van der Waals surface area contributed by atoms with Crippen molar-refractivity contribution >= 4 is 17.0 Å². The Balaban J connectivity index is 2.05. The van der Waals surface area contributed by atoms with Crippen LogP contribution in [-0.2, 0) is 12.7 Å². The summed E-state index contributed by atoms with van der Waals surface area (Å²) in [5, 5.41) is 3.75. The molecule has 2 heterocycles. The molecule has 3 aromatic rings. The molecule has 0 radical (unpaired) electrons. The van der Waals surface area contributed by atoms with E-state index in [1.54, 1.807) is 17.6 Å². The van der Waals surface area contributed by atoms with E-state index in [1.807, 2.05) is 0 Å². The molecule has 0 saturated carbocycles. The zero-order chi connectivity index (χ0) is 15.2. The van der Waals surface area contributed by atoms with Crippen LogP contribution in [0.3, 0.4) is 0 Å². The van der Waals surface area contributed by atoms with Gasteiger partial charge in [0.25, 0.3) is 0 Å². The number of alkyl halides is 3. The van der Waals surface area contributed by atoms with Gasteiger partial charge in [-0.1, -0.05) is 5.16 Å². The zero-order valence-corrected chi connectivity index (χ0v) is 11.0. The van der Waals surface area contributed by atoms with Crippen LogP contribution in [0.5, 0.6) is 0 Å². The van der Waals surface area contributed by atoms with Crippen molar-refractivity contribution in [3.63, 3.8) is 0 Å². The van der Waals surface area contributed by atoms with E-state index in [0.29, 0.717) is 17.0 Å². The van der Waals surface area contributed by atoms with E-state index in [2.05, 4.69) is 10.1 Å². The summed E-state index contributed by atoms with van der Waals surface area (Å²) in [5.74, 6) is 0.678. The van der Waals surface area contributed by atoms with Gasteiger partial charge in [0.05, 0.1) is 28.8 Å². The van der Waals surface area contributed by atoms with Gasteiger partial charge in [-0.3, -0.25) is 0 Å². The molecule has 8 heteroatoms. The Bertz CT molecular complexity index is 803.